The van der Waals surface area contributed by atoms with E-state index in [9.17, 15) is 14.4 Å². The first-order valence-electron chi connectivity index (χ1n) is 8.37. The van der Waals surface area contributed by atoms with Gasteiger partial charge >= 0.3 is 5.69 Å². The number of rotatable bonds is 4. The van der Waals surface area contributed by atoms with Crippen molar-refractivity contribution >= 4 is 11.8 Å². The maximum Gasteiger partial charge on any atom is 0.346 e. The van der Waals surface area contributed by atoms with E-state index in [2.05, 4.69) is 5.10 Å². The molecule has 0 saturated carbocycles. The maximum atomic E-state index is 12.4. The Hall–Kier alpha value is -2.12. The van der Waals surface area contributed by atoms with Crippen molar-refractivity contribution < 1.29 is 9.59 Å². The minimum atomic E-state index is -0.288. The monoisotopic (exact) mass is 337 g/mol. The van der Waals surface area contributed by atoms with E-state index in [1.165, 1.54) is 9.25 Å². The lowest BCUT2D eigenvalue weighted by Gasteiger charge is -2.34. The van der Waals surface area contributed by atoms with E-state index in [1.54, 1.807) is 23.8 Å². The number of nitrogens with zero attached hydrogens (tertiary/aromatic N) is 5. The molecule has 1 aliphatic heterocycles. The zero-order valence-corrected chi connectivity index (χ0v) is 15.2. The van der Waals surface area contributed by atoms with Crippen molar-refractivity contribution in [2.45, 2.75) is 46.2 Å². The van der Waals surface area contributed by atoms with E-state index in [0.717, 1.165) is 0 Å². The highest BCUT2D eigenvalue weighted by Gasteiger charge is 2.30. The molecule has 0 radical (unpaired) electrons. The lowest BCUT2D eigenvalue weighted by molar-refractivity contribution is -0.141. The van der Waals surface area contributed by atoms with Crippen LogP contribution in [0.2, 0.25) is 0 Å². The molecule has 1 fully saturated rings. The molecule has 134 valence electrons. The first kappa shape index (κ1) is 18.2. The van der Waals surface area contributed by atoms with E-state index in [-0.39, 0.29) is 36.0 Å². The maximum absolute atomic E-state index is 12.4. The average Bonchev–Trinajstić information content (AvgIpc) is 2.80. The Balaban J connectivity index is 1.92. The van der Waals surface area contributed by atoms with Gasteiger partial charge in [-0.2, -0.15) is 5.10 Å². The molecule has 2 amide bonds. The fraction of sp³-hybridized carbons (Fsp3) is 0.750. The van der Waals surface area contributed by atoms with E-state index in [1.807, 2.05) is 20.9 Å². The Kier molecular flexibility index (Phi) is 5.46. The largest absolute Gasteiger partial charge is 0.346 e. The van der Waals surface area contributed by atoms with Crippen LogP contribution in [0.5, 0.6) is 0 Å². The Morgan fingerprint density at radius 2 is 1.88 bits per heavy atom. The van der Waals surface area contributed by atoms with Crippen LogP contribution in [0.25, 0.3) is 0 Å². The van der Waals surface area contributed by atoms with Crippen LogP contribution in [-0.2, 0) is 23.2 Å². The van der Waals surface area contributed by atoms with Crippen LogP contribution in [0.1, 0.15) is 32.5 Å². The summed E-state index contributed by atoms with van der Waals surface area (Å²) in [6.07, 6.45) is 1.33. The van der Waals surface area contributed by atoms with Gasteiger partial charge in [-0.1, -0.05) is 0 Å². The van der Waals surface area contributed by atoms with Gasteiger partial charge in [-0.25, -0.2) is 9.48 Å². The number of hydrogen-bond donors (Lipinski definition) is 0. The summed E-state index contributed by atoms with van der Waals surface area (Å²) < 4.78 is 2.61. The molecule has 1 aliphatic rings. The number of likely N-dealkylation sites (tertiary alicyclic amines) is 1. The predicted octanol–water partition coefficient (Wildman–Crippen LogP) is -0.00438. The van der Waals surface area contributed by atoms with Gasteiger partial charge in [-0.3, -0.25) is 14.2 Å². The number of carbonyl (C=O) groups is 2. The first-order valence-corrected chi connectivity index (χ1v) is 8.37. The molecule has 1 saturated heterocycles. The van der Waals surface area contributed by atoms with Crippen molar-refractivity contribution in [1.82, 2.24) is 24.1 Å². The van der Waals surface area contributed by atoms with E-state index >= 15 is 0 Å². The summed E-state index contributed by atoms with van der Waals surface area (Å²) in [5, 5.41) is 4.09. The number of carbonyl (C=O) groups excluding carboxylic acids is 2. The van der Waals surface area contributed by atoms with Crippen LogP contribution in [0.3, 0.4) is 0 Å². The van der Waals surface area contributed by atoms with Crippen molar-refractivity contribution in [2.24, 2.45) is 13.0 Å². The minimum absolute atomic E-state index is 0.0266. The molecule has 1 aromatic rings. The fourth-order valence-electron chi connectivity index (χ4n) is 2.85. The SMILES string of the molecule is Cc1nn(CC(=O)N2CCC(C(=O)N(C)C(C)C)CC2)c(=O)n1C. The van der Waals surface area contributed by atoms with Crippen molar-refractivity contribution in [3.63, 3.8) is 0 Å². The lowest BCUT2D eigenvalue weighted by atomic mass is 9.95. The van der Waals surface area contributed by atoms with Crippen molar-refractivity contribution in [3.8, 4) is 0 Å². The first-order chi connectivity index (χ1) is 11.2. The minimum Gasteiger partial charge on any atom is -0.343 e. The molecule has 2 rings (SSSR count). The van der Waals surface area contributed by atoms with Crippen LogP contribution in [0.15, 0.2) is 4.79 Å². The molecule has 0 aliphatic carbocycles. The summed E-state index contributed by atoms with van der Waals surface area (Å²) in [5.74, 6) is 0.571. The Bertz CT molecular complexity index is 668. The van der Waals surface area contributed by atoms with Crippen molar-refractivity contribution in [2.75, 3.05) is 20.1 Å². The summed E-state index contributed by atoms with van der Waals surface area (Å²) in [4.78, 5) is 40.1. The Labute approximate surface area is 142 Å². The van der Waals surface area contributed by atoms with Crippen LogP contribution >= 0.6 is 0 Å². The zero-order chi connectivity index (χ0) is 18.0. The van der Waals surface area contributed by atoms with Gasteiger partial charge in [0.2, 0.25) is 11.8 Å². The predicted molar refractivity (Wildman–Crippen MR) is 89.4 cm³/mol. The van der Waals surface area contributed by atoms with Crippen molar-refractivity contribution in [3.05, 3.63) is 16.3 Å². The number of piperidine rings is 1. The smallest absolute Gasteiger partial charge is 0.343 e. The third-order valence-corrected chi connectivity index (χ3v) is 4.86. The molecule has 0 spiro atoms. The molecular formula is C16H27N5O3. The van der Waals surface area contributed by atoms with Gasteiger partial charge in [0.1, 0.15) is 12.4 Å². The topological polar surface area (TPSA) is 80.4 Å². The summed E-state index contributed by atoms with van der Waals surface area (Å²) in [6.45, 7) is 6.74. The molecule has 1 aromatic heterocycles. The zero-order valence-electron chi connectivity index (χ0n) is 15.2. The molecule has 0 aromatic carbocycles. The number of amides is 2. The summed E-state index contributed by atoms with van der Waals surface area (Å²) in [5.41, 5.74) is -0.288. The van der Waals surface area contributed by atoms with Crippen LogP contribution < -0.4 is 5.69 Å². The van der Waals surface area contributed by atoms with Gasteiger partial charge in [0, 0.05) is 39.1 Å². The second-order valence-corrected chi connectivity index (χ2v) is 6.74. The fourth-order valence-corrected chi connectivity index (χ4v) is 2.85. The third kappa shape index (κ3) is 3.68. The van der Waals surface area contributed by atoms with Crippen LogP contribution in [-0.4, -0.2) is 62.1 Å². The second kappa shape index (κ2) is 7.19. The van der Waals surface area contributed by atoms with E-state index in [4.69, 9.17) is 0 Å². The number of hydrogen-bond acceptors (Lipinski definition) is 4. The lowest BCUT2D eigenvalue weighted by Crippen LogP contribution is -2.46. The number of aromatic nitrogens is 3. The molecule has 0 unspecified atom stereocenters. The molecule has 0 N–H and O–H groups in total. The van der Waals surface area contributed by atoms with Gasteiger partial charge in [-0.15, -0.1) is 0 Å². The summed E-state index contributed by atoms with van der Waals surface area (Å²) >= 11 is 0. The Morgan fingerprint density at radius 1 is 1.29 bits per heavy atom. The quantitative estimate of drug-likeness (QED) is 0.774. The normalized spacial score (nSPS) is 15.8. The molecular weight excluding hydrogens is 310 g/mol. The van der Waals surface area contributed by atoms with Gasteiger partial charge in [0.05, 0.1) is 0 Å². The molecule has 8 heteroatoms. The standard InChI is InChI=1S/C16H27N5O3/c1-11(2)18(4)15(23)13-6-8-20(9-7-13)14(22)10-21-16(24)19(5)12(3)17-21/h11,13H,6-10H2,1-5H3. The molecule has 24 heavy (non-hydrogen) atoms. The highest BCUT2D eigenvalue weighted by atomic mass is 16.2. The summed E-state index contributed by atoms with van der Waals surface area (Å²) in [7, 11) is 3.45. The summed E-state index contributed by atoms with van der Waals surface area (Å²) in [6, 6.07) is 0.177. The van der Waals surface area contributed by atoms with Crippen molar-refractivity contribution in [1.29, 1.82) is 0 Å². The molecule has 0 bridgehead atoms. The third-order valence-electron chi connectivity index (χ3n) is 4.86. The van der Waals surface area contributed by atoms with Crippen LogP contribution in [0, 0.1) is 12.8 Å². The molecule has 0 atom stereocenters. The highest BCUT2D eigenvalue weighted by molar-refractivity contribution is 5.80. The number of aryl methyl sites for hydroxylation is 1. The van der Waals surface area contributed by atoms with E-state index < -0.39 is 0 Å². The van der Waals surface area contributed by atoms with Gasteiger partial charge in [-0.05, 0) is 33.6 Å². The molecule has 2 heterocycles. The average molecular weight is 337 g/mol. The van der Waals surface area contributed by atoms with Crippen LogP contribution in [0.4, 0.5) is 0 Å². The van der Waals surface area contributed by atoms with E-state index in [0.29, 0.717) is 31.8 Å². The highest BCUT2D eigenvalue weighted by Crippen LogP contribution is 2.20. The van der Waals surface area contributed by atoms with Gasteiger partial charge < -0.3 is 9.80 Å². The Morgan fingerprint density at radius 3 is 2.33 bits per heavy atom. The second-order valence-electron chi connectivity index (χ2n) is 6.74. The van der Waals surface area contributed by atoms with Gasteiger partial charge in [0.25, 0.3) is 0 Å². The molecule has 8 nitrogen and oxygen atoms in total. The van der Waals surface area contributed by atoms with Gasteiger partial charge in [0.15, 0.2) is 0 Å².